The van der Waals surface area contributed by atoms with Gasteiger partial charge in [0.05, 0.1) is 6.61 Å². The molecule has 0 radical (unpaired) electrons. The molecule has 0 fully saturated rings. The van der Waals surface area contributed by atoms with Crippen molar-refractivity contribution in [1.82, 2.24) is 0 Å². The summed E-state index contributed by atoms with van der Waals surface area (Å²) in [5.74, 6) is 0. The molecule has 3 heteroatoms. The third-order valence-corrected chi connectivity index (χ3v) is 3.51. The average molecular weight is 286 g/mol. The van der Waals surface area contributed by atoms with Gasteiger partial charge in [0.25, 0.3) is 0 Å². The number of nitrogens with two attached hydrogens (primary N) is 1. The van der Waals surface area contributed by atoms with Crippen molar-refractivity contribution < 1.29 is 5.11 Å². The van der Waals surface area contributed by atoms with E-state index in [9.17, 15) is 5.11 Å². The van der Waals surface area contributed by atoms with Crippen molar-refractivity contribution in [3.05, 3.63) is 34.3 Å². The van der Waals surface area contributed by atoms with Crippen molar-refractivity contribution in [2.45, 2.75) is 26.2 Å². The number of rotatable bonds is 6. The molecule has 0 spiro atoms. The zero-order chi connectivity index (χ0) is 12.0. The fourth-order valence-electron chi connectivity index (χ4n) is 2.07. The molecule has 16 heavy (non-hydrogen) atoms. The third-order valence-electron chi connectivity index (χ3n) is 3.02. The van der Waals surface area contributed by atoms with E-state index in [-0.39, 0.29) is 12.0 Å². The zero-order valence-corrected chi connectivity index (χ0v) is 11.3. The van der Waals surface area contributed by atoms with E-state index in [1.807, 2.05) is 12.1 Å². The van der Waals surface area contributed by atoms with Gasteiger partial charge in [-0.15, -0.1) is 0 Å². The minimum absolute atomic E-state index is 0.157. The topological polar surface area (TPSA) is 46.2 Å². The van der Waals surface area contributed by atoms with Crippen molar-refractivity contribution in [1.29, 1.82) is 0 Å². The van der Waals surface area contributed by atoms with Crippen LogP contribution in [0, 0.1) is 5.41 Å². The van der Waals surface area contributed by atoms with Crippen LogP contribution in [0.25, 0.3) is 0 Å². The summed E-state index contributed by atoms with van der Waals surface area (Å²) in [7, 11) is 0. The fraction of sp³-hybridized carbons (Fsp3) is 0.538. The Morgan fingerprint density at radius 2 is 2.19 bits per heavy atom. The number of benzene rings is 1. The first-order valence-electron chi connectivity index (χ1n) is 5.71. The maximum absolute atomic E-state index is 9.55. The van der Waals surface area contributed by atoms with Gasteiger partial charge in [0, 0.05) is 16.4 Å². The van der Waals surface area contributed by atoms with Crippen molar-refractivity contribution in [3.63, 3.8) is 0 Å². The molecule has 2 nitrogen and oxygen atoms in total. The van der Waals surface area contributed by atoms with Crippen molar-refractivity contribution in [3.8, 4) is 0 Å². The minimum atomic E-state index is -0.157. The highest BCUT2D eigenvalue weighted by atomic mass is 79.9. The van der Waals surface area contributed by atoms with Crippen molar-refractivity contribution in [2.75, 3.05) is 13.2 Å². The predicted molar refractivity (Wildman–Crippen MR) is 71.3 cm³/mol. The minimum Gasteiger partial charge on any atom is -0.396 e. The Morgan fingerprint density at radius 3 is 2.69 bits per heavy atom. The highest BCUT2D eigenvalue weighted by Crippen LogP contribution is 2.28. The van der Waals surface area contributed by atoms with Crippen LogP contribution in [0.3, 0.4) is 0 Å². The van der Waals surface area contributed by atoms with Gasteiger partial charge < -0.3 is 10.8 Å². The Labute approximate surface area is 106 Å². The van der Waals surface area contributed by atoms with Crippen LogP contribution in [0.15, 0.2) is 28.7 Å². The number of halogens is 1. The van der Waals surface area contributed by atoms with Crippen LogP contribution in [0.4, 0.5) is 0 Å². The molecule has 0 amide bonds. The van der Waals surface area contributed by atoms with Crippen LogP contribution in [0.5, 0.6) is 0 Å². The first-order valence-corrected chi connectivity index (χ1v) is 6.50. The fourth-order valence-corrected chi connectivity index (χ4v) is 2.52. The van der Waals surface area contributed by atoms with E-state index in [1.54, 1.807) is 0 Å². The van der Waals surface area contributed by atoms with Gasteiger partial charge in [0.2, 0.25) is 0 Å². The standard InChI is InChI=1S/C13H20BrNO/c1-2-6-13(9-15,10-16)8-11-4-3-5-12(14)7-11/h3-5,7,16H,2,6,8-10,15H2,1H3. The van der Waals surface area contributed by atoms with Gasteiger partial charge >= 0.3 is 0 Å². The second-order valence-electron chi connectivity index (χ2n) is 4.42. The van der Waals surface area contributed by atoms with Gasteiger partial charge in [0.15, 0.2) is 0 Å². The van der Waals surface area contributed by atoms with E-state index < -0.39 is 0 Å². The second kappa shape index (κ2) is 6.38. The molecule has 0 aliphatic rings. The Morgan fingerprint density at radius 1 is 1.44 bits per heavy atom. The molecule has 1 atom stereocenters. The molecule has 0 saturated carbocycles. The zero-order valence-electron chi connectivity index (χ0n) is 9.75. The molecule has 0 heterocycles. The van der Waals surface area contributed by atoms with E-state index in [2.05, 4.69) is 35.0 Å². The van der Waals surface area contributed by atoms with Gasteiger partial charge in [0.1, 0.15) is 0 Å². The summed E-state index contributed by atoms with van der Waals surface area (Å²) in [6.07, 6.45) is 2.85. The van der Waals surface area contributed by atoms with Gasteiger partial charge in [-0.25, -0.2) is 0 Å². The summed E-state index contributed by atoms with van der Waals surface area (Å²) in [6, 6.07) is 8.20. The quantitative estimate of drug-likeness (QED) is 0.844. The molecular weight excluding hydrogens is 266 g/mol. The summed E-state index contributed by atoms with van der Waals surface area (Å²) in [5, 5.41) is 9.55. The van der Waals surface area contributed by atoms with Crippen LogP contribution < -0.4 is 5.73 Å². The third kappa shape index (κ3) is 3.58. The molecule has 1 unspecified atom stereocenters. The lowest BCUT2D eigenvalue weighted by Crippen LogP contribution is -2.36. The van der Waals surface area contributed by atoms with Crippen LogP contribution >= 0.6 is 15.9 Å². The maximum atomic E-state index is 9.55. The van der Waals surface area contributed by atoms with Gasteiger partial charge in [-0.1, -0.05) is 41.4 Å². The summed E-state index contributed by atoms with van der Waals surface area (Å²) in [5.41, 5.74) is 6.89. The second-order valence-corrected chi connectivity index (χ2v) is 5.33. The van der Waals surface area contributed by atoms with Crippen LogP contribution in [-0.4, -0.2) is 18.3 Å². The lowest BCUT2D eigenvalue weighted by Gasteiger charge is -2.30. The molecule has 0 aromatic heterocycles. The lowest BCUT2D eigenvalue weighted by atomic mass is 9.78. The molecule has 0 aliphatic carbocycles. The summed E-state index contributed by atoms with van der Waals surface area (Å²) in [6.45, 7) is 2.81. The van der Waals surface area contributed by atoms with Gasteiger partial charge in [-0.05, 0) is 30.5 Å². The number of hydrogen-bond donors (Lipinski definition) is 2. The highest BCUT2D eigenvalue weighted by Gasteiger charge is 2.27. The SMILES string of the molecule is CCCC(CN)(CO)Cc1cccc(Br)c1. The van der Waals surface area contributed by atoms with Crippen molar-refractivity contribution in [2.24, 2.45) is 11.1 Å². The van der Waals surface area contributed by atoms with Gasteiger partial charge in [-0.3, -0.25) is 0 Å². The molecular formula is C13H20BrNO. The van der Waals surface area contributed by atoms with Crippen LogP contribution in [0.2, 0.25) is 0 Å². The first-order chi connectivity index (χ1) is 7.65. The van der Waals surface area contributed by atoms with Crippen LogP contribution in [0.1, 0.15) is 25.3 Å². The molecule has 0 bridgehead atoms. The summed E-state index contributed by atoms with van der Waals surface area (Å²) < 4.78 is 1.07. The summed E-state index contributed by atoms with van der Waals surface area (Å²) in [4.78, 5) is 0. The molecule has 1 aromatic carbocycles. The monoisotopic (exact) mass is 285 g/mol. The maximum Gasteiger partial charge on any atom is 0.0502 e. The Kier molecular flexibility index (Phi) is 5.46. The average Bonchev–Trinajstić information content (AvgIpc) is 2.28. The highest BCUT2D eigenvalue weighted by molar-refractivity contribution is 9.10. The van der Waals surface area contributed by atoms with E-state index in [1.165, 1.54) is 5.56 Å². The van der Waals surface area contributed by atoms with E-state index in [0.29, 0.717) is 6.54 Å². The number of aliphatic hydroxyl groups excluding tert-OH is 1. The number of hydrogen-bond acceptors (Lipinski definition) is 2. The number of aliphatic hydroxyl groups is 1. The smallest absolute Gasteiger partial charge is 0.0502 e. The molecule has 0 saturated heterocycles. The molecule has 0 aliphatic heterocycles. The Balaban J connectivity index is 2.82. The summed E-state index contributed by atoms with van der Waals surface area (Å²) >= 11 is 3.46. The van der Waals surface area contributed by atoms with E-state index in [4.69, 9.17) is 5.73 Å². The van der Waals surface area contributed by atoms with Crippen LogP contribution in [-0.2, 0) is 6.42 Å². The normalized spacial score (nSPS) is 14.8. The Bertz CT molecular complexity index is 323. The van der Waals surface area contributed by atoms with Gasteiger partial charge in [-0.2, -0.15) is 0 Å². The molecule has 3 N–H and O–H groups in total. The lowest BCUT2D eigenvalue weighted by molar-refractivity contribution is 0.121. The molecule has 1 aromatic rings. The van der Waals surface area contributed by atoms with E-state index in [0.717, 1.165) is 23.7 Å². The molecule has 1 rings (SSSR count). The largest absolute Gasteiger partial charge is 0.396 e. The first kappa shape index (κ1) is 13.7. The van der Waals surface area contributed by atoms with E-state index >= 15 is 0 Å². The Hall–Kier alpha value is -0.380. The predicted octanol–water partition coefficient (Wildman–Crippen LogP) is 2.73. The molecule has 90 valence electrons. The van der Waals surface area contributed by atoms with Crippen molar-refractivity contribution >= 4 is 15.9 Å².